The lowest BCUT2D eigenvalue weighted by atomic mass is 10.2. The smallest absolute Gasteiger partial charge is 0.408 e. The average molecular weight is 452 g/mol. The number of aromatic nitrogens is 2. The van der Waals surface area contributed by atoms with Crippen molar-refractivity contribution in [3.8, 4) is 24.2 Å². The molecule has 1 heterocycles. The van der Waals surface area contributed by atoms with Crippen LogP contribution in [0.15, 0.2) is 0 Å². The van der Waals surface area contributed by atoms with E-state index in [4.69, 9.17) is 33.2 Å². The van der Waals surface area contributed by atoms with Gasteiger partial charge in [-0.3, -0.25) is 0 Å². The van der Waals surface area contributed by atoms with E-state index in [1.54, 1.807) is 48.5 Å². The number of rotatable bonds is 2. The number of nitrogen functional groups attached to an aromatic ring is 1. The quantitative estimate of drug-likeness (QED) is 0.465. The summed E-state index contributed by atoms with van der Waals surface area (Å²) in [5, 5.41) is 5.10. The van der Waals surface area contributed by atoms with Crippen molar-refractivity contribution in [2.75, 3.05) is 18.8 Å². The minimum absolute atomic E-state index is 0.102. The second kappa shape index (κ2) is 12.5. The molecule has 10 heteroatoms. The topological polar surface area (TPSA) is 128 Å². The molecule has 0 unspecified atom stereocenters. The first-order chi connectivity index (χ1) is 14.1. The van der Waals surface area contributed by atoms with Crippen LogP contribution in [0.4, 0.5) is 15.5 Å². The van der Waals surface area contributed by atoms with Gasteiger partial charge in [0.15, 0.2) is 5.15 Å². The minimum atomic E-state index is -0.539. The predicted molar refractivity (Wildman–Crippen MR) is 120 cm³/mol. The number of amides is 2. The summed E-state index contributed by atoms with van der Waals surface area (Å²) in [6.07, 6.45) is 3.92. The fourth-order valence-corrected chi connectivity index (χ4v) is 1.97. The Kier molecular flexibility index (Phi) is 11.2. The molecule has 1 rings (SSSR count). The van der Waals surface area contributed by atoms with Crippen molar-refractivity contribution in [1.29, 1.82) is 0 Å². The molecule has 0 aliphatic carbocycles. The zero-order chi connectivity index (χ0) is 24.2. The molecule has 0 aromatic carbocycles. The van der Waals surface area contributed by atoms with Crippen LogP contribution in [0.2, 0.25) is 5.15 Å². The van der Waals surface area contributed by atoms with Gasteiger partial charge in [-0.05, 0) is 48.5 Å². The normalized spacial score (nSPS) is 10.3. The van der Waals surface area contributed by atoms with E-state index >= 15 is 0 Å². The lowest BCUT2D eigenvalue weighted by molar-refractivity contribution is 0.0523. The Morgan fingerprint density at radius 2 is 1.52 bits per heavy atom. The lowest BCUT2D eigenvalue weighted by Crippen LogP contribution is -2.32. The predicted octanol–water partition coefficient (Wildman–Crippen LogP) is 3.04. The Morgan fingerprint density at radius 1 is 1.03 bits per heavy atom. The second-order valence-corrected chi connectivity index (χ2v) is 8.41. The first-order valence-corrected chi connectivity index (χ1v) is 9.68. The minimum Gasteiger partial charge on any atom is -0.444 e. The monoisotopic (exact) mass is 451 g/mol. The molecule has 1 aromatic heterocycles. The first kappa shape index (κ1) is 27.8. The molecule has 0 aliphatic heterocycles. The van der Waals surface area contributed by atoms with Crippen LogP contribution in [0.3, 0.4) is 0 Å². The Bertz CT molecular complexity index is 848. The Morgan fingerprint density at radius 3 is 1.94 bits per heavy atom. The standard InChI is InChI=1S/C13H17ClN4O2.C8H13NO2/c1-8-9(10(14)18-11(15)17-8)6-5-7-16-12(19)20-13(2,3)4;1-5-6-9-7(10)11-8(2,3)4/h7H2,1-4H3,(H,16,19)(H2,15,17,18);1H,6H2,2-4H3,(H,9,10). The summed E-state index contributed by atoms with van der Waals surface area (Å²) in [6, 6.07) is 0. The van der Waals surface area contributed by atoms with Gasteiger partial charge in [0, 0.05) is 0 Å². The van der Waals surface area contributed by atoms with Gasteiger partial charge in [0.25, 0.3) is 0 Å². The molecule has 170 valence electrons. The average Bonchev–Trinajstić information content (AvgIpc) is 2.56. The van der Waals surface area contributed by atoms with E-state index in [9.17, 15) is 9.59 Å². The number of nitrogens with two attached hydrogens (primary N) is 1. The summed E-state index contributed by atoms with van der Waals surface area (Å²) in [5.74, 6) is 7.92. The van der Waals surface area contributed by atoms with Crippen LogP contribution in [0.5, 0.6) is 0 Å². The Balaban J connectivity index is 0.000000695. The number of hydrogen-bond donors (Lipinski definition) is 3. The number of terminal acetylenes is 1. The molecule has 2 amide bonds. The number of carbonyl (C=O) groups is 2. The van der Waals surface area contributed by atoms with Crippen molar-refractivity contribution in [2.24, 2.45) is 0 Å². The van der Waals surface area contributed by atoms with Gasteiger partial charge < -0.3 is 25.8 Å². The zero-order valence-corrected chi connectivity index (χ0v) is 19.7. The van der Waals surface area contributed by atoms with E-state index in [0.29, 0.717) is 11.3 Å². The van der Waals surface area contributed by atoms with E-state index in [2.05, 4.69) is 38.4 Å². The van der Waals surface area contributed by atoms with Crippen molar-refractivity contribution < 1.29 is 19.1 Å². The van der Waals surface area contributed by atoms with Gasteiger partial charge >= 0.3 is 12.2 Å². The maximum atomic E-state index is 11.4. The third kappa shape index (κ3) is 14.5. The largest absolute Gasteiger partial charge is 0.444 e. The van der Waals surface area contributed by atoms with Gasteiger partial charge in [0.1, 0.15) is 11.2 Å². The summed E-state index contributed by atoms with van der Waals surface area (Å²) < 4.78 is 9.96. The molecular formula is C21H30ClN5O4. The van der Waals surface area contributed by atoms with Gasteiger partial charge in [-0.1, -0.05) is 29.4 Å². The molecule has 0 atom stereocenters. The van der Waals surface area contributed by atoms with Crippen LogP contribution < -0.4 is 16.4 Å². The molecule has 0 spiro atoms. The summed E-state index contributed by atoms with van der Waals surface area (Å²) in [7, 11) is 0. The number of aryl methyl sites for hydroxylation is 1. The second-order valence-electron chi connectivity index (χ2n) is 8.05. The maximum Gasteiger partial charge on any atom is 0.408 e. The fourth-order valence-electron chi connectivity index (χ4n) is 1.70. The maximum absolute atomic E-state index is 11.4. The van der Waals surface area contributed by atoms with Gasteiger partial charge in [-0.25, -0.2) is 14.6 Å². The molecule has 0 fully saturated rings. The Hall–Kier alpha value is -3.17. The van der Waals surface area contributed by atoms with Crippen molar-refractivity contribution in [3.05, 3.63) is 16.4 Å². The number of halogens is 1. The number of hydrogen-bond acceptors (Lipinski definition) is 7. The van der Waals surface area contributed by atoms with E-state index < -0.39 is 23.4 Å². The number of anilines is 1. The summed E-state index contributed by atoms with van der Waals surface area (Å²) in [6.45, 7) is 12.8. The van der Waals surface area contributed by atoms with E-state index in [1.165, 1.54) is 0 Å². The molecule has 1 aromatic rings. The van der Waals surface area contributed by atoms with Crippen LogP contribution in [0, 0.1) is 31.1 Å². The van der Waals surface area contributed by atoms with E-state index in [-0.39, 0.29) is 24.2 Å². The van der Waals surface area contributed by atoms with Gasteiger partial charge in [0.2, 0.25) is 5.95 Å². The van der Waals surface area contributed by atoms with Crippen molar-refractivity contribution in [2.45, 2.75) is 59.7 Å². The van der Waals surface area contributed by atoms with Crippen LogP contribution in [0.25, 0.3) is 0 Å². The molecule has 0 bridgehead atoms. The highest BCUT2D eigenvalue weighted by molar-refractivity contribution is 6.30. The lowest BCUT2D eigenvalue weighted by Gasteiger charge is -2.19. The van der Waals surface area contributed by atoms with E-state index in [0.717, 1.165) is 0 Å². The van der Waals surface area contributed by atoms with Gasteiger partial charge in [-0.15, -0.1) is 6.42 Å². The molecular weight excluding hydrogens is 422 g/mol. The third-order valence-electron chi connectivity index (χ3n) is 2.73. The van der Waals surface area contributed by atoms with E-state index in [1.807, 2.05) is 0 Å². The van der Waals surface area contributed by atoms with Crippen LogP contribution >= 0.6 is 11.6 Å². The third-order valence-corrected chi connectivity index (χ3v) is 3.00. The first-order valence-electron chi connectivity index (χ1n) is 9.30. The highest BCUT2D eigenvalue weighted by Crippen LogP contribution is 2.15. The highest BCUT2D eigenvalue weighted by atomic mass is 35.5. The number of nitrogens with one attached hydrogen (secondary N) is 2. The number of ether oxygens (including phenoxy) is 2. The van der Waals surface area contributed by atoms with Crippen molar-refractivity contribution in [3.63, 3.8) is 0 Å². The highest BCUT2D eigenvalue weighted by Gasteiger charge is 2.15. The summed E-state index contributed by atoms with van der Waals surface area (Å²) in [5.41, 5.74) is 5.54. The van der Waals surface area contributed by atoms with Crippen molar-refractivity contribution in [1.82, 2.24) is 20.6 Å². The van der Waals surface area contributed by atoms with Crippen LogP contribution in [-0.4, -0.2) is 46.4 Å². The molecule has 4 N–H and O–H groups in total. The molecule has 0 aliphatic rings. The summed E-state index contributed by atoms with van der Waals surface area (Å²) >= 11 is 5.92. The molecule has 9 nitrogen and oxygen atoms in total. The molecule has 31 heavy (non-hydrogen) atoms. The number of alkyl carbamates (subject to hydrolysis) is 2. The zero-order valence-electron chi connectivity index (χ0n) is 19.0. The van der Waals surface area contributed by atoms with Crippen molar-refractivity contribution >= 4 is 29.7 Å². The molecule has 0 radical (unpaired) electrons. The van der Waals surface area contributed by atoms with Gasteiger partial charge in [-0.2, -0.15) is 4.98 Å². The number of nitrogens with zero attached hydrogens (tertiary/aromatic N) is 2. The SMILES string of the molecule is C#CCNC(=O)OC(C)(C)C.Cc1nc(N)nc(Cl)c1C#CCNC(=O)OC(C)(C)C. The Labute approximate surface area is 188 Å². The number of carbonyl (C=O) groups excluding carboxylic acids is 2. The fraction of sp³-hybridized carbons (Fsp3) is 0.524. The van der Waals surface area contributed by atoms with Gasteiger partial charge in [0.05, 0.1) is 24.3 Å². The van der Waals surface area contributed by atoms with Crippen LogP contribution in [-0.2, 0) is 9.47 Å². The molecule has 0 saturated heterocycles. The summed E-state index contributed by atoms with van der Waals surface area (Å²) in [4.78, 5) is 29.9. The molecule has 0 saturated carbocycles. The van der Waals surface area contributed by atoms with Crippen LogP contribution in [0.1, 0.15) is 52.8 Å².